The molecule has 5 nitrogen and oxygen atoms in total. The second-order valence-electron chi connectivity index (χ2n) is 5.13. The molecule has 2 rings (SSSR count). The molecule has 1 saturated heterocycles. The summed E-state index contributed by atoms with van der Waals surface area (Å²) in [6.07, 6.45) is 0. The largest absolute Gasteiger partial charge is 0.380 e. The number of anilines is 1. The summed E-state index contributed by atoms with van der Waals surface area (Å²) in [5.41, 5.74) is 7.03. The molecule has 1 aromatic carbocycles. The first-order chi connectivity index (χ1) is 9.06. The number of carbonyl (C=O) groups is 1. The van der Waals surface area contributed by atoms with Crippen LogP contribution in [0.1, 0.15) is 12.5 Å². The molecule has 0 spiro atoms. The summed E-state index contributed by atoms with van der Waals surface area (Å²) in [4.78, 5) is 12.3. The van der Waals surface area contributed by atoms with Gasteiger partial charge in [0.15, 0.2) is 0 Å². The molecule has 5 heteroatoms. The van der Waals surface area contributed by atoms with Gasteiger partial charge in [-0.3, -0.25) is 4.79 Å². The molecule has 2 atom stereocenters. The molecule has 1 fully saturated rings. The first-order valence-electron chi connectivity index (χ1n) is 6.29. The molecule has 0 bridgehead atoms. The van der Waals surface area contributed by atoms with E-state index in [1.807, 2.05) is 31.2 Å². The maximum absolute atomic E-state index is 12.3. The Morgan fingerprint density at radius 1 is 1.63 bits per heavy atom. The summed E-state index contributed by atoms with van der Waals surface area (Å²) in [6.45, 7) is 3.13. The van der Waals surface area contributed by atoms with Crippen molar-refractivity contribution in [1.29, 1.82) is 0 Å². The maximum atomic E-state index is 12.3. The van der Waals surface area contributed by atoms with Gasteiger partial charge in [-0.1, -0.05) is 12.1 Å². The van der Waals surface area contributed by atoms with E-state index in [4.69, 9.17) is 15.2 Å². The van der Waals surface area contributed by atoms with Crippen LogP contribution in [0, 0.1) is 5.41 Å². The van der Waals surface area contributed by atoms with Crippen molar-refractivity contribution in [3.05, 3.63) is 29.8 Å². The summed E-state index contributed by atoms with van der Waals surface area (Å²) in [5, 5.41) is 2.90. The van der Waals surface area contributed by atoms with E-state index in [1.165, 1.54) is 0 Å². The highest BCUT2D eigenvalue weighted by Gasteiger charge is 2.44. The fraction of sp³-hybridized carbons (Fsp3) is 0.500. The van der Waals surface area contributed by atoms with Gasteiger partial charge in [-0.05, 0) is 24.6 Å². The number of ether oxygens (including phenoxy) is 2. The molecule has 0 aromatic heterocycles. The van der Waals surface area contributed by atoms with Gasteiger partial charge in [0.05, 0.1) is 25.2 Å². The van der Waals surface area contributed by atoms with E-state index in [0.29, 0.717) is 19.8 Å². The van der Waals surface area contributed by atoms with E-state index in [1.54, 1.807) is 7.11 Å². The summed E-state index contributed by atoms with van der Waals surface area (Å²) < 4.78 is 10.4. The maximum Gasteiger partial charge on any atom is 0.234 e. The van der Waals surface area contributed by atoms with Crippen LogP contribution < -0.4 is 11.1 Å². The number of nitrogens with one attached hydrogen (secondary N) is 1. The number of amides is 1. The molecule has 1 aliphatic rings. The van der Waals surface area contributed by atoms with Crippen molar-refractivity contribution in [1.82, 2.24) is 0 Å². The third-order valence-corrected chi connectivity index (χ3v) is 3.53. The lowest BCUT2D eigenvalue weighted by Crippen LogP contribution is -2.47. The average Bonchev–Trinajstić information content (AvgIpc) is 2.72. The normalized spacial score (nSPS) is 26.4. The van der Waals surface area contributed by atoms with Gasteiger partial charge in [0.1, 0.15) is 0 Å². The Morgan fingerprint density at radius 2 is 2.42 bits per heavy atom. The number of methoxy groups -OCH3 is 1. The monoisotopic (exact) mass is 264 g/mol. The molecule has 104 valence electrons. The third-order valence-electron chi connectivity index (χ3n) is 3.53. The van der Waals surface area contributed by atoms with E-state index < -0.39 is 5.41 Å². The molecule has 0 saturated carbocycles. The van der Waals surface area contributed by atoms with E-state index in [0.717, 1.165) is 11.3 Å². The Bertz CT molecular complexity index is 464. The zero-order valence-electron chi connectivity index (χ0n) is 11.3. The molecule has 0 radical (unpaired) electrons. The summed E-state index contributed by atoms with van der Waals surface area (Å²) in [5.74, 6) is -0.105. The SMILES string of the molecule is COCc1cccc(NC(=O)C2(C)COCC2N)c1. The molecule has 0 aliphatic carbocycles. The van der Waals surface area contributed by atoms with Gasteiger partial charge < -0.3 is 20.5 Å². The van der Waals surface area contributed by atoms with E-state index in [9.17, 15) is 4.79 Å². The molecule has 1 amide bonds. The fourth-order valence-corrected chi connectivity index (χ4v) is 2.10. The molecule has 19 heavy (non-hydrogen) atoms. The molecule has 2 unspecified atom stereocenters. The zero-order chi connectivity index (χ0) is 13.9. The van der Waals surface area contributed by atoms with Crippen molar-refractivity contribution < 1.29 is 14.3 Å². The van der Waals surface area contributed by atoms with Gasteiger partial charge in [-0.2, -0.15) is 0 Å². The highest BCUT2D eigenvalue weighted by molar-refractivity contribution is 5.96. The molecule has 1 aliphatic heterocycles. The average molecular weight is 264 g/mol. The van der Waals surface area contributed by atoms with Crippen molar-refractivity contribution in [2.75, 3.05) is 25.6 Å². The third kappa shape index (κ3) is 2.94. The highest BCUT2D eigenvalue weighted by Crippen LogP contribution is 2.28. The van der Waals surface area contributed by atoms with Crippen molar-refractivity contribution in [2.24, 2.45) is 11.1 Å². The lowest BCUT2D eigenvalue weighted by Gasteiger charge is -2.25. The van der Waals surface area contributed by atoms with Crippen LogP contribution in [0.2, 0.25) is 0 Å². The Hall–Kier alpha value is -1.43. The minimum atomic E-state index is -0.669. The topological polar surface area (TPSA) is 73.6 Å². The minimum absolute atomic E-state index is 0.105. The van der Waals surface area contributed by atoms with Gasteiger partial charge in [-0.25, -0.2) is 0 Å². The van der Waals surface area contributed by atoms with E-state index in [2.05, 4.69) is 5.32 Å². The van der Waals surface area contributed by atoms with Crippen LogP contribution in [0.3, 0.4) is 0 Å². The zero-order valence-corrected chi connectivity index (χ0v) is 11.3. The number of nitrogens with two attached hydrogens (primary N) is 1. The van der Waals surface area contributed by atoms with Gasteiger partial charge in [0.2, 0.25) is 5.91 Å². The molecular weight excluding hydrogens is 244 g/mol. The van der Waals surface area contributed by atoms with Gasteiger partial charge in [0.25, 0.3) is 0 Å². The van der Waals surface area contributed by atoms with E-state index in [-0.39, 0.29) is 11.9 Å². The van der Waals surface area contributed by atoms with Crippen LogP contribution in [0.5, 0.6) is 0 Å². The summed E-state index contributed by atoms with van der Waals surface area (Å²) >= 11 is 0. The Morgan fingerprint density at radius 3 is 3.05 bits per heavy atom. The van der Waals surface area contributed by atoms with Crippen LogP contribution >= 0.6 is 0 Å². The van der Waals surface area contributed by atoms with Gasteiger partial charge in [0, 0.05) is 18.8 Å². The number of carbonyl (C=O) groups excluding carboxylic acids is 1. The van der Waals surface area contributed by atoms with Crippen LogP contribution in [0.4, 0.5) is 5.69 Å². The van der Waals surface area contributed by atoms with Crippen molar-refractivity contribution >= 4 is 11.6 Å². The number of hydrogen-bond acceptors (Lipinski definition) is 4. The second-order valence-corrected chi connectivity index (χ2v) is 5.13. The standard InChI is InChI=1S/C14H20N2O3/c1-14(9-19-8-12(14)15)13(17)16-11-5-3-4-10(6-11)7-18-2/h3-6,12H,7-9,15H2,1-2H3,(H,16,17). The lowest BCUT2D eigenvalue weighted by molar-refractivity contribution is -0.125. The molecule has 1 aromatic rings. The molecule has 1 heterocycles. The number of rotatable bonds is 4. The number of hydrogen-bond donors (Lipinski definition) is 2. The van der Waals surface area contributed by atoms with Crippen LogP contribution in [0.15, 0.2) is 24.3 Å². The summed E-state index contributed by atoms with van der Waals surface area (Å²) in [7, 11) is 1.64. The van der Waals surface area contributed by atoms with Crippen molar-refractivity contribution in [3.8, 4) is 0 Å². The fourth-order valence-electron chi connectivity index (χ4n) is 2.10. The predicted molar refractivity (Wildman–Crippen MR) is 72.7 cm³/mol. The van der Waals surface area contributed by atoms with Crippen molar-refractivity contribution in [2.45, 2.75) is 19.6 Å². The van der Waals surface area contributed by atoms with Crippen LogP contribution in [0.25, 0.3) is 0 Å². The molecular formula is C14H20N2O3. The van der Waals surface area contributed by atoms with Gasteiger partial charge >= 0.3 is 0 Å². The summed E-state index contributed by atoms with van der Waals surface area (Å²) in [6, 6.07) is 7.31. The first-order valence-corrected chi connectivity index (χ1v) is 6.29. The van der Waals surface area contributed by atoms with Crippen LogP contribution in [-0.2, 0) is 20.9 Å². The van der Waals surface area contributed by atoms with Gasteiger partial charge in [-0.15, -0.1) is 0 Å². The van der Waals surface area contributed by atoms with Crippen molar-refractivity contribution in [3.63, 3.8) is 0 Å². The Labute approximate surface area is 113 Å². The van der Waals surface area contributed by atoms with Crippen LogP contribution in [-0.4, -0.2) is 32.3 Å². The molecule has 3 N–H and O–H groups in total. The first kappa shape index (κ1) is 14.0. The minimum Gasteiger partial charge on any atom is -0.380 e. The lowest BCUT2D eigenvalue weighted by atomic mass is 9.85. The predicted octanol–water partition coefficient (Wildman–Crippen LogP) is 1.14. The number of benzene rings is 1. The quantitative estimate of drug-likeness (QED) is 0.855. The Balaban J connectivity index is 2.08. The van der Waals surface area contributed by atoms with E-state index >= 15 is 0 Å². The smallest absolute Gasteiger partial charge is 0.234 e. The Kier molecular flexibility index (Phi) is 4.19. The second kappa shape index (κ2) is 5.69. The highest BCUT2D eigenvalue weighted by atomic mass is 16.5.